The summed E-state index contributed by atoms with van der Waals surface area (Å²) in [4.78, 5) is 14.8. The SMILES string of the molecule is CCC(C)n1ncn(-c2ccc(N3CCNCC3)cc2)c1=O. The Morgan fingerprint density at radius 1 is 1.18 bits per heavy atom. The molecule has 1 aromatic heterocycles. The third kappa shape index (κ3) is 2.78. The van der Waals surface area contributed by atoms with Crippen LogP contribution < -0.4 is 15.9 Å². The number of hydrogen-bond donors (Lipinski definition) is 1. The number of aromatic nitrogens is 3. The summed E-state index contributed by atoms with van der Waals surface area (Å²) >= 11 is 0. The Morgan fingerprint density at radius 3 is 2.45 bits per heavy atom. The third-order valence-electron chi connectivity index (χ3n) is 4.31. The fourth-order valence-electron chi connectivity index (χ4n) is 2.72. The summed E-state index contributed by atoms with van der Waals surface area (Å²) in [5, 5.41) is 7.57. The van der Waals surface area contributed by atoms with Gasteiger partial charge in [-0.25, -0.2) is 14.0 Å². The van der Waals surface area contributed by atoms with Crippen LogP contribution in [0.2, 0.25) is 0 Å². The Morgan fingerprint density at radius 2 is 1.82 bits per heavy atom. The average Bonchev–Trinajstić information content (AvgIpc) is 2.97. The molecule has 1 unspecified atom stereocenters. The molecule has 0 spiro atoms. The van der Waals surface area contributed by atoms with Crippen LogP contribution in [0.25, 0.3) is 5.69 Å². The molecule has 2 heterocycles. The van der Waals surface area contributed by atoms with Gasteiger partial charge in [-0.1, -0.05) is 6.92 Å². The number of benzene rings is 1. The molecule has 1 aliphatic rings. The van der Waals surface area contributed by atoms with E-state index in [0.29, 0.717) is 0 Å². The van der Waals surface area contributed by atoms with Crippen molar-refractivity contribution in [2.24, 2.45) is 0 Å². The first-order valence-corrected chi connectivity index (χ1v) is 7.93. The number of rotatable bonds is 4. The third-order valence-corrected chi connectivity index (χ3v) is 4.31. The van der Waals surface area contributed by atoms with Crippen LogP contribution in [0, 0.1) is 0 Å². The van der Waals surface area contributed by atoms with Gasteiger partial charge in [0.15, 0.2) is 0 Å². The molecule has 0 bridgehead atoms. The number of nitrogens with one attached hydrogen (secondary N) is 1. The van der Waals surface area contributed by atoms with Crippen LogP contribution in [0.15, 0.2) is 35.4 Å². The van der Waals surface area contributed by atoms with Gasteiger partial charge >= 0.3 is 5.69 Å². The second-order valence-corrected chi connectivity index (χ2v) is 5.74. The lowest BCUT2D eigenvalue weighted by Crippen LogP contribution is -2.43. The summed E-state index contributed by atoms with van der Waals surface area (Å²) in [7, 11) is 0. The molecule has 22 heavy (non-hydrogen) atoms. The van der Waals surface area contributed by atoms with E-state index < -0.39 is 0 Å². The Hall–Kier alpha value is -2.08. The van der Waals surface area contributed by atoms with Crippen molar-refractivity contribution >= 4 is 5.69 Å². The minimum atomic E-state index is -0.0794. The van der Waals surface area contributed by atoms with Gasteiger partial charge in [-0.2, -0.15) is 5.10 Å². The van der Waals surface area contributed by atoms with Gasteiger partial charge in [-0.05, 0) is 37.6 Å². The number of hydrogen-bond acceptors (Lipinski definition) is 4. The van der Waals surface area contributed by atoms with Gasteiger partial charge in [0.2, 0.25) is 0 Å². The molecular formula is C16H23N5O. The van der Waals surface area contributed by atoms with Crippen molar-refractivity contribution in [2.75, 3.05) is 31.1 Å². The molecule has 1 fully saturated rings. The van der Waals surface area contributed by atoms with Crippen LogP contribution in [-0.4, -0.2) is 40.5 Å². The zero-order valence-electron chi connectivity index (χ0n) is 13.2. The van der Waals surface area contributed by atoms with E-state index in [4.69, 9.17) is 0 Å². The van der Waals surface area contributed by atoms with Gasteiger partial charge < -0.3 is 10.2 Å². The van der Waals surface area contributed by atoms with Crippen molar-refractivity contribution < 1.29 is 0 Å². The summed E-state index contributed by atoms with van der Waals surface area (Å²) in [6.07, 6.45) is 2.49. The maximum absolute atomic E-state index is 12.4. The van der Waals surface area contributed by atoms with Crippen molar-refractivity contribution in [3.05, 3.63) is 41.1 Å². The normalized spacial score (nSPS) is 16.7. The molecule has 118 valence electrons. The fourth-order valence-corrected chi connectivity index (χ4v) is 2.72. The molecule has 0 amide bonds. The molecule has 1 N–H and O–H groups in total. The van der Waals surface area contributed by atoms with E-state index in [1.807, 2.05) is 19.1 Å². The Kier molecular flexibility index (Phi) is 4.29. The monoisotopic (exact) mass is 301 g/mol. The van der Waals surface area contributed by atoms with Crippen molar-refractivity contribution in [3.8, 4) is 5.69 Å². The zero-order valence-corrected chi connectivity index (χ0v) is 13.2. The van der Waals surface area contributed by atoms with Crippen molar-refractivity contribution in [2.45, 2.75) is 26.3 Å². The summed E-state index contributed by atoms with van der Waals surface area (Å²) in [6, 6.07) is 8.25. The standard InChI is InChI=1S/C16H23N5O/c1-3-13(2)21-16(22)20(12-18-21)15-6-4-14(5-7-15)19-10-8-17-9-11-19/h4-7,12-13,17H,3,8-11H2,1-2H3. The van der Waals surface area contributed by atoms with E-state index in [-0.39, 0.29) is 11.7 Å². The molecule has 6 nitrogen and oxygen atoms in total. The molecule has 1 atom stereocenters. The van der Waals surface area contributed by atoms with Crippen molar-refractivity contribution in [1.82, 2.24) is 19.7 Å². The number of nitrogens with zero attached hydrogens (tertiary/aromatic N) is 4. The van der Waals surface area contributed by atoms with Crippen molar-refractivity contribution in [1.29, 1.82) is 0 Å². The summed E-state index contributed by atoms with van der Waals surface area (Å²) in [5.41, 5.74) is 1.98. The number of piperazine rings is 1. The largest absolute Gasteiger partial charge is 0.369 e. The Labute approximate surface area is 130 Å². The highest BCUT2D eigenvalue weighted by Gasteiger charge is 2.13. The lowest BCUT2D eigenvalue weighted by Gasteiger charge is -2.29. The molecule has 0 aliphatic carbocycles. The van der Waals surface area contributed by atoms with Gasteiger partial charge in [0.1, 0.15) is 6.33 Å². The molecule has 1 aliphatic heterocycles. The molecule has 3 rings (SSSR count). The predicted molar refractivity (Wildman–Crippen MR) is 87.9 cm³/mol. The smallest absolute Gasteiger partial charge is 0.350 e. The molecule has 0 radical (unpaired) electrons. The second kappa shape index (κ2) is 6.36. The highest BCUT2D eigenvalue weighted by atomic mass is 16.2. The van der Waals surface area contributed by atoms with Crippen molar-refractivity contribution in [3.63, 3.8) is 0 Å². The molecular weight excluding hydrogens is 278 g/mol. The molecule has 6 heteroatoms. The van der Waals surface area contributed by atoms with E-state index in [1.165, 1.54) is 5.69 Å². The van der Waals surface area contributed by atoms with E-state index in [1.54, 1.807) is 15.6 Å². The van der Waals surface area contributed by atoms with Crippen LogP contribution in [0.1, 0.15) is 26.3 Å². The second-order valence-electron chi connectivity index (χ2n) is 5.74. The quantitative estimate of drug-likeness (QED) is 0.928. The highest BCUT2D eigenvalue weighted by molar-refractivity contribution is 5.51. The lowest BCUT2D eigenvalue weighted by atomic mass is 10.2. The van der Waals surface area contributed by atoms with Crippen LogP contribution >= 0.6 is 0 Å². The summed E-state index contributed by atoms with van der Waals surface area (Å²) in [6.45, 7) is 8.13. The summed E-state index contributed by atoms with van der Waals surface area (Å²) in [5.74, 6) is 0. The molecule has 2 aromatic rings. The maximum atomic E-state index is 12.4. The van der Waals surface area contributed by atoms with Crippen LogP contribution in [0.4, 0.5) is 5.69 Å². The van der Waals surface area contributed by atoms with Crippen LogP contribution in [-0.2, 0) is 0 Å². The van der Waals surface area contributed by atoms with Crippen LogP contribution in [0.3, 0.4) is 0 Å². The Balaban J connectivity index is 1.84. The predicted octanol–water partition coefficient (Wildman–Crippen LogP) is 1.41. The van der Waals surface area contributed by atoms with Gasteiger partial charge in [-0.3, -0.25) is 0 Å². The first-order valence-electron chi connectivity index (χ1n) is 7.93. The average molecular weight is 301 g/mol. The molecule has 1 aromatic carbocycles. The zero-order chi connectivity index (χ0) is 15.5. The van der Waals surface area contributed by atoms with Gasteiger partial charge in [0.05, 0.1) is 11.7 Å². The topological polar surface area (TPSA) is 55.1 Å². The summed E-state index contributed by atoms with van der Waals surface area (Å²) < 4.78 is 3.15. The van der Waals surface area contributed by atoms with E-state index >= 15 is 0 Å². The molecule has 1 saturated heterocycles. The molecule has 0 saturated carbocycles. The maximum Gasteiger partial charge on any atom is 0.350 e. The van der Waals surface area contributed by atoms with E-state index in [9.17, 15) is 4.79 Å². The van der Waals surface area contributed by atoms with E-state index in [2.05, 4.69) is 34.4 Å². The van der Waals surface area contributed by atoms with Gasteiger partial charge in [0, 0.05) is 31.9 Å². The highest BCUT2D eigenvalue weighted by Crippen LogP contribution is 2.17. The minimum Gasteiger partial charge on any atom is -0.369 e. The van der Waals surface area contributed by atoms with Crippen LogP contribution in [0.5, 0.6) is 0 Å². The first kappa shape index (κ1) is 14.8. The van der Waals surface area contributed by atoms with Gasteiger partial charge in [-0.15, -0.1) is 0 Å². The lowest BCUT2D eigenvalue weighted by molar-refractivity contribution is 0.460. The van der Waals surface area contributed by atoms with E-state index in [0.717, 1.165) is 38.3 Å². The Bertz CT molecular complexity index is 667. The minimum absolute atomic E-state index is 0.0794. The number of anilines is 1. The first-order chi connectivity index (χ1) is 10.7. The fraction of sp³-hybridized carbons (Fsp3) is 0.500. The van der Waals surface area contributed by atoms with Gasteiger partial charge in [0.25, 0.3) is 0 Å².